The van der Waals surface area contributed by atoms with Crippen molar-refractivity contribution in [2.75, 3.05) is 31.1 Å². The fourth-order valence-corrected chi connectivity index (χ4v) is 4.99. The highest BCUT2D eigenvalue weighted by Crippen LogP contribution is 2.54. The van der Waals surface area contributed by atoms with Gasteiger partial charge in [0.05, 0.1) is 31.9 Å². The van der Waals surface area contributed by atoms with Gasteiger partial charge in [0, 0.05) is 19.4 Å². The molecule has 2 aliphatic heterocycles. The minimum absolute atomic E-state index is 0.204. The Kier molecular flexibility index (Phi) is 5.76. The number of amides is 3. The average Bonchev–Trinajstić information content (AvgIpc) is 3.14. The van der Waals surface area contributed by atoms with E-state index in [2.05, 4.69) is 24.3 Å². The maximum absolute atomic E-state index is 13.6. The normalized spacial score (nSPS) is 20.8. The summed E-state index contributed by atoms with van der Waals surface area (Å²) in [4.78, 5) is 39.4. The van der Waals surface area contributed by atoms with Gasteiger partial charge in [-0.15, -0.1) is 5.10 Å². The number of benzene rings is 1. The van der Waals surface area contributed by atoms with Gasteiger partial charge in [0.15, 0.2) is 5.17 Å². The van der Waals surface area contributed by atoms with E-state index in [9.17, 15) is 14.4 Å². The summed E-state index contributed by atoms with van der Waals surface area (Å²) in [6, 6.07) is 7.49. The van der Waals surface area contributed by atoms with Crippen molar-refractivity contribution in [3.63, 3.8) is 0 Å². The van der Waals surface area contributed by atoms with Crippen LogP contribution < -0.4 is 15.1 Å². The Bertz CT molecular complexity index is 839. The predicted molar refractivity (Wildman–Crippen MR) is 109 cm³/mol. The Morgan fingerprint density at radius 1 is 1.21 bits per heavy atom. The second-order valence-corrected chi connectivity index (χ2v) is 8.03. The maximum atomic E-state index is 13.6. The van der Waals surface area contributed by atoms with E-state index < -0.39 is 4.87 Å². The van der Waals surface area contributed by atoms with E-state index in [0.717, 1.165) is 42.6 Å². The van der Waals surface area contributed by atoms with Crippen molar-refractivity contribution in [2.24, 2.45) is 5.10 Å². The lowest BCUT2D eigenvalue weighted by Crippen LogP contribution is -3.12. The molecule has 1 aromatic rings. The number of rotatable bonds is 5. The highest BCUT2D eigenvalue weighted by molar-refractivity contribution is 8.15. The molecule has 3 rings (SSSR count). The molecule has 2 N–H and O–H groups in total. The molecular weight excluding hydrogens is 378 g/mol. The minimum Gasteiger partial charge on any atom is -0.334 e. The number of amidine groups is 1. The number of thioether (sulfide) groups is 1. The first-order valence-electron chi connectivity index (χ1n) is 9.46. The van der Waals surface area contributed by atoms with Crippen LogP contribution in [0.3, 0.4) is 0 Å². The topological polar surface area (TPSA) is 86.5 Å². The zero-order valence-electron chi connectivity index (χ0n) is 16.6. The molecular formula is C19H26N5O3S+. The molecule has 9 heteroatoms. The molecule has 0 fully saturated rings. The van der Waals surface area contributed by atoms with Crippen molar-refractivity contribution >= 4 is 40.3 Å². The maximum Gasteiger partial charge on any atom is 0.271 e. The molecule has 1 atom stereocenters. The molecule has 0 radical (unpaired) electrons. The summed E-state index contributed by atoms with van der Waals surface area (Å²) in [5.41, 5.74) is 1.51. The first-order chi connectivity index (χ1) is 13.3. The SMILES string of the molecule is CC[NH+](CC)CCN1C(=O)[C@]2(SC(NC(C)=O)=NN2C(C)=O)c2ccccc21. The van der Waals surface area contributed by atoms with E-state index in [4.69, 9.17) is 0 Å². The average molecular weight is 405 g/mol. The van der Waals surface area contributed by atoms with Crippen molar-refractivity contribution in [1.82, 2.24) is 10.3 Å². The number of fused-ring (bicyclic) bond motifs is 2. The van der Waals surface area contributed by atoms with Crippen LogP contribution in [0.2, 0.25) is 0 Å². The van der Waals surface area contributed by atoms with Crippen LogP contribution in [-0.4, -0.2) is 54.1 Å². The molecule has 3 amide bonds. The smallest absolute Gasteiger partial charge is 0.271 e. The predicted octanol–water partition coefficient (Wildman–Crippen LogP) is 0.113. The Hall–Kier alpha value is -2.39. The third-order valence-corrected chi connectivity index (χ3v) is 6.34. The van der Waals surface area contributed by atoms with Gasteiger partial charge < -0.3 is 15.1 Å². The van der Waals surface area contributed by atoms with Crippen molar-refractivity contribution in [3.8, 4) is 0 Å². The molecule has 2 aliphatic rings. The van der Waals surface area contributed by atoms with Gasteiger partial charge in [0.1, 0.15) is 0 Å². The molecule has 0 saturated carbocycles. The fraction of sp³-hybridized carbons (Fsp3) is 0.474. The third-order valence-electron chi connectivity index (χ3n) is 5.10. The summed E-state index contributed by atoms with van der Waals surface area (Å²) < 4.78 is 0. The molecule has 1 spiro atoms. The Morgan fingerprint density at radius 2 is 1.89 bits per heavy atom. The van der Waals surface area contributed by atoms with Crippen molar-refractivity contribution in [1.29, 1.82) is 0 Å². The molecule has 0 aliphatic carbocycles. The summed E-state index contributed by atoms with van der Waals surface area (Å²) >= 11 is 1.11. The molecule has 28 heavy (non-hydrogen) atoms. The van der Waals surface area contributed by atoms with Crippen LogP contribution >= 0.6 is 11.8 Å². The number of carbonyl (C=O) groups is 3. The second kappa shape index (κ2) is 7.92. The fourth-order valence-electron chi connectivity index (χ4n) is 3.66. The number of hydrazone groups is 1. The molecule has 1 aromatic carbocycles. The van der Waals surface area contributed by atoms with Crippen LogP contribution in [-0.2, 0) is 19.3 Å². The molecule has 2 heterocycles. The number of hydrogen-bond donors (Lipinski definition) is 2. The van der Waals surface area contributed by atoms with Crippen LogP contribution in [0.5, 0.6) is 0 Å². The van der Waals surface area contributed by atoms with Gasteiger partial charge in [-0.25, -0.2) is 0 Å². The van der Waals surface area contributed by atoms with E-state index in [0.29, 0.717) is 6.54 Å². The number of nitrogens with one attached hydrogen (secondary N) is 2. The van der Waals surface area contributed by atoms with E-state index in [1.807, 2.05) is 24.3 Å². The molecule has 0 bridgehead atoms. The largest absolute Gasteiger partial charge is 0.334 e. The first kappa shape index (κ1) is 20.3. The first-order valence-corrected chi connectivity index (χ1v) is 10.3. The van der Waals surface area contributed by atoms with E-state index in [1.54, 1.807) is 4.90 Å². The monoisotopic (exact) mass is 404 g/mol. The summed E-state index contributed by atoms with van der Waals surface area (Å²) in [6.07, 6.45) is 0. The van der Waals surface area contributed by atoms with E-state index in [-0.39, 0.29) is 22.9 Å². The van der Waals surface area contributed by atoms with Gasteiger partial charge in [-0.2, -0.15) is 5.01 Å². The van der Waals surface area contributed by atoms with E-state index in [1.165, 1.54) is 23.8 Å². The molecule has 0 unspecified atom stereocenters. The van der Waals surface area contributed by atoms with Crippen molar-refractivity contribution < 1.29 is 19.3 Å². The van der Waals surface area contributed by atoms with Gasteiger partial charge in [-0.1, -0.05) is 18.2 Å². The standard InChI is InChI=1S/C19H25N5O3S/c1-5-22(6-2)11-12-23-16-10-8-7-9-15(16)19(17(23)27)24(14(4)26)21-18(28-19)20-13(3)25/h7-10H,5-6,11-12H2,1-4H3,(H,20,21,25)/p+1/t19-/m1/s1. The summed E-state index contributed by atoms with van der Waals surface area (Å²) in [6.45, 7) is 10.3. The van der Waals surface area contributed by atoms with Gasteiger partial charge in [0.2, 0.25) is 16.7 Å². The Balaban J connectivity index is 2.00. The Morgan fingerprint density at radius 3 is 2.50 bits per heavy atom. The number of nitrogens with zero attached hydrogens (tertiary/aromatic N) is 3. The number of carbonyl (C=O) groups excluding carboxylic acids is 3. The van der Waals surface area contributed by atoms with Crippen LogP contribution in [0.15, 0.2) is 29.4 Å². The van der Waals surface area contributed by atoms with Gasteiger partial charge in [0.25, 0.3) is 5.91 Å². The van der Waals surface area contributed by atoms with E-state index >= 15 is 0 Å². The summed E-state index contributed by atoms with van der Waals surface area (Å²) in [5.74, 6) is -0.857. The number of hydrogen-bond acceptors (Lipinski definition) is 5. The highest BCUT2D eigenvalue weighted by Gasteiger charge is 2.61. The lowest BCUT2D eigenvalue weighted by atomic mass is 10.1. The molecule has 0 saturated heterocycles. The highest BCUT2D eigenvalue weighted by atomic mass is 32.2. The van der Waals surface area contributed by atoms with Crippen LogP contribution in [0.4, 0.5) is 5.69 Å². The Labute approximate surface area is 168 Å². The zero-order chi connectivity index (χ0) is 20.5. The van der Waals surface area contributed by atoms with Crippen LogP contribution in [0.25, 0.3) is 0 Å². The summed E-state index contributed by atoms with van der Waals surface area (Å²) in [7, 11) is 0. The number of likely N-dealkylation sites (N-methyl/N-ethyl adjacent to an activating group) is 1. The number of para-hydroxylation sites is 1. The van der Waals surface area contributed by atoms with Gasteiger partial charge >= 0.3 is 0 Å². The zero-order valence-corrected chi connectivity index (χ0v) is 17.4. The number of anilines is 1. The minimum atomic E-state index is -1.31. The van der Waals surface area contributed by atoms with Gasteiger partial charge in [-0.3, -0.25) is 14.4 Å². The third kappa shape index (κ3) is 3.29. The van der Waals surface area contributed by atoms with Crippen molar-refractivity contribution in [3.05, 3.63) is 29.8 Å². The second-order valence-electron chi connectivity index (χ2n) is 6.84. The molecule has 0 aromatic heterocycles. The van der Waals surface area contributed by atoms with Gasteiger partial charge in [-0.05, 0) is 31.7 Å². The molecule has 8 nitrogen and oxygen atoms in total. The van der Waals surface area contributed by atoms with Crippen molar-refractivity contribution in [2.45, 2.75) is 32.6 Å². The lowest BCUT2D eigenvalue weighted by molar-refractivity contribution is -0.894. The summed E-state index contributed by atoms with van der Waals surface area (Å²) in [5, 5.41) is 8.33. The molecule has 150 valence electrons. The van der Waals surface area contributed by atoms with Crippen LogP contribution in [0, 0.1) is 0 Å². The quantitative estimate of drug-likeness (QED) is 0.730. The van der Waals surface area contributed by atoms with Crippen LogP contribution in [0.1, 0.15) is 33.3 Å². The lowest BCUT2D eigenvalue weighted by Gasteiger charge is -2.29. The number of quaternary nitrogens is 1.